The van der Waals surface area contributed by atoms with Crippen molar-refractivity contribution in [2.24, 2.45) is 0 Å². The van der Waals surface area contributed by atoms with Crippen molar-refractivity contribution >= 4 is 5.97 Å². The molecule has 1 heterocycles. The first-order chi connectivity index (χ1) is 7.21. The molecular weight excluding hydrogens is 208 g/mol. The molecule has 0 atom stereocenters. The van der Waals surface area contributed by atoms with Crippen molar-refractivity contribution in [1.82, 2.24) is 9.55 Å². The summed E-state index contributed by atoms with van der Waals surface area (Å²) in [4.78, 5) is 26.5. The molecule has 0 fully saturated rings. The first kappa shape index (κ1) is 12.4. The van der Waals surface area contributed by atoms with Gasteiger partial charge in [0.05, 0.1) is 5.69 Å². The standard InChI is InChI=1S/C11H16N2O3/c1-7-12-8(11(2,3)4)5-9(14)13(7)6-10(15)16/h5H,6H2,1-4H3,(H,15,16). The minimum absolute atomic E-state index is 0.216. The molecule has 0 unspecified atom stereocenters. The second-order valence-corrected chi connectivity index (χ2v) is 4.76. The molecule has 1 aromatic rings. The Balaban J connectivity index is 3.29. The van der Waals surface area contributed by atoms with Gasteiger partial charge >= 0.3 is 5.97 Å². The van der Waals surface area contributed by atoms with E-state index in [4.69, 9.17) is 5.11 Å². The van der Waals surface area contributed by atoms with Gasteiger partial charge in [0.1, 0.15) is 12.4 Å². The molecule has 16 heavy (non-hydrogen) atoms. The smallest absolute Gasteiger partial charge is 0.323 e. The van der Waals surface area contributed by atoms with Crippen molar-refractivity contribution in [2.45, 2.75) is 39.7 Å². The first-order valence-corrected chi connectivity index (χ1v) is 5.02. The molecule has 0 aliphatic heterocycles. The molecule has 0 aromatic carbocycles. The third kappa shape index (κ3) is 2.68. The van der Waals surface area contributed by atoms with Crippen LogP contribution in [-0.4, -0.2) is 20.6 Å². The largest absolute Gasteiger partial charge is 0.480 e. The molecule has 1 aromatic heterocycles. The quantitative estimate of drug-likeness (QED) is 0.811. The number of nitrogens with zero attached hydrogens (tertiary/aromatic N) is 2. The minimum atomic E-state index is -1.05. The second-order valence-electron chi connectivity index (χ2n) is 4.76. The van der Waals surface area contributed by atoms with Crippen LogP contribution >= 0.6 is 0 Å². The molecule has 0 amide bonds. The van der Waals surface area contributed by atoms with E-state index in [1.54, 1.807) is 6.92 Å². The van der Waals surface area contributed by atoms with Crippen molar-refractivity contribution < 1.29 is 9.90 Å². The number of carbonyl (C=O) groups is 1. The molecule has 5 heteroatoms. The summed E-state index contributed by atoms with van der Waals surface area (Å²) >= 11 is 0. The molecule has 88 valence electrons. The fraction of sp³-hybridized carbons (Fsp3) is 0.545. The molecule has 1 rings (SSSR count). The lowest BCUT2D eigenvalue weighted by Crippen LogP contribution is -2.29. The van der Waals surface area contributed by atoms with Crippen molar-refractivity contribution in [3.8, 4) is 0 Å². The third-order valence-electron chi connectivity index (χ3n) is 2.26. The topological polar surface area (TPSA) is 72.2 Å². The monoisotopic (exact) mass is 224 g/mol. The Morgan fingerprint density at radius 2 is 2.06 bits per heavy atom. The molecule has 5 nitrogen and oxygen atoms in total. The molecule has 0 aliphatic rings. The first-order valence-electron chi connectivity index (χ1n) is 5.02. The van der Waals surface area contributed by atoms with E-state index in [-0.39, 0.29) is 17.5 Å². The van der Waals surface area contributed by atoms with Gasteiger partial charge in [0.25, 0.3) is 5.56 Å². The van der Waals surface area contributed by atoms with Crippen LogP contribution in [0.3, 0.4) is 0 Å². The Hall–Kier alpha value is -1.65. The van der Waals surface area contributed by atoms with Gasteiger partial charge in [-0.3, -0.25) is 14.2 Å². The Bertz CT molecular complexity index is 469. The summed E-state index contributed by atoms with van der Waals surface area (Å²) in [5, 5.41) is 8.66. The highest BCUT2D eigenvalue weighted by molar-refractivity contribution is 5.66. The van der Waals surface area contributed by atoms with Crippen LogP contribution in [0.1, 0.15) is 32.3 Å². The summed E-state index contributed by atoms with van der Waals surface area (Å²) in [6.07, 6.45) is 0. The lowest BCUT2D eigenvalue weighted by atomic mass is 9.92. The molecule has 0 spiro atoms. The second kappa shape index (κ2) is 4.08. The van der Waals surface area contributed by atoms with E-state index in [2.05, 4.69) is 4.98 Å². The van der Waals surface area contributed by atoms with Gasteiger partial charge in [0.15, 0.2) is 0 Å². The number of aryl methyl sites for hydroxylation is 1. The van der Waals surface area contributed by atoms with E-state index in [9.17, 15) is 9.59 Å². The number of aromatic nitrogens is 2. The fourth-order valence-electron chi connectivity index (χ4n) is 1.33. The van der Waals surface area contributed by atoms with Crippen LogP contribution in [0.5, 0.6) is 0 Å². The summed E-state index contributed by atoms with van der Waals surface area (Å²) in [5.74, 6) is -0.615. The molecular formula is C11H16N2O3. The zero-order chi connectivity index (χ0) is 12.5. The average Bonchev–Trinajstić information content (AvgIpc) is 2.09. The van der Waals surface area contributed by atoms with Crippen LogP contribution in [0.15, 0.2) is 10.9 Å². The molecule has 0 saturated carbocycles. The third-order valence-corrected chi connectivity index (χ3v) is 2.26. The van der Waals surface area contributed by atoms with Gasteiger partial charge in [0.2, 0.25) is 0 Å². The Morgan fingerprint density at radius 3 is 2.44 bits per heavy atom. The van der Waals surface area contributed by atoms with E-state index < -0.39 is 5.97 Å². The fourth-order valence-corrected chi connectivity index (χ4v) is 1.33. The summed E-state index contributed by atoms with van der Waals surface area (Å²) in [6.45, 7) is 7.16. The van der Waals surface area contributed by atoms with Crippen LogP contribution < -0.4 is 5.56 Å². The molecule has 0 bridgehead atoms. The summed E-state index contributed by atoms with van der Waals surface area (Å²) < 4.78 is 1.15. The maximum atomic E-state index is 11.7. The maximum absolute atomic E-state index is 11.7. The normalized spacial score (nSPS) is 11.5. The van der Waals surface area contributed by atoms with Gasteiger partial charge < -0.3 is 5.11 Å². The van der Waals surface area contributed by atoms with Crippen molar-refractivity contribution in [2.75, 3.05) is 0 Å². The van der Waals surface area contributed by atoms with Gasteiger partial charge in [0, 0.05) is 11.5 Å². The lowest BCUT2D eigenvalue weighted by molar-refractivity contribution is -0.137. The summed E-state index contributed by atoms with van der Waals surface area (Å²) in [6, 6.07) is 1.40. The van der Waals surface area contributed by atoms with E-state index in [1.165, 1.54) is 6.07 Å². The van der Waals surface area contributed by atoms with E-state index in [0.717, 1.165) is 4.57 Å². The van der Waals surface area contributed by atoms with Gasteiger partial charge in [-0.15, -0.1) is 0 Å². The van der Waals surface area contributed by atoms with Crippen LogP contribution in [-0.2, 0) is 16.8 Å². The van der Waals surface area contributed by atoms with Gasteiger partial charge in [-0.2, -0.15) is 0 Å². The number of aliphatic carboxylic acids is 1. The Morgan fingerprint density at radius 1 is 1.50 bits per heavy atom. The SMILES string of the molecule is Cc1nc(C(C)(C)C)cc(=O)n1CC(=O)O. The molecule has 0 aliphatic carbocycles. The average molecular weight is 224 g/mol. The number of hydrogen-bond donors (Lipinski definition) is 1. The van der Waals surface area contributed by atoms with Crippen molar-refractivity contribution in [1.29, 1.82) is 0 Å². The Labute approximate surface area is 93.8 Å². The van der Waals surface area contributed by atoms with E-state index in [1.807, 2.05) is 20.8 Å². The van der Waals surface area contributed by atoms with E-state index >= 15 is 0 Å². The molecule has 0 saturated heterocycles. The number of carboxylic acids is 1. The van der Waals surface area contributed by atoms with Crippen LogP contribution in [0.2, 0.25) is 0 Å². The molecule has 1 N–H and O–H groups in total. The molecule has 0 radical (unpaired) electrons. The maximum Gasteiger partial charge on any atom is 0.323 e. The predicted molar refractivity (Wildman–Crippen MR) is 59.6 cm³/mol. The van der Waals surface area contributed by atoms with E-state index in [0.29, 0.717) is 11.5 Å². The zero-order valence-electron chi connectivity index (χ0n) is 9.94. The highest BCUT2D eigenvalue weighted by Crippen LogP contribution is 2.18. The highest BCUT2D eigenvalue weighted by atomic mass is 16.4. The van der Waals surface area contributed by atoms with Gasteiger partial charge in [-0.05, 0) is 6.92 Å². The minimum Gasteiger partial charge on any atom is -0.480 e. The highest BCUT2D eigenvalue weighted by Gasteiger charge is 2.18. The van der Waals surface area contributed by atoms with Crippen LogP contribution in [0, 0.1) is 6.92 Å². The van der Waals surface area contributed by atoms with Gasteiger partial charge in [-0.25, -0.2) is 4.98 Å². The van der Waals surface area contributed by atoms with Crippen molar-refractivity contribution in [3.05, 3.63) is 27.9 Å². The van der Waals surface area contributed by atoms with Crippen LogP contribution in [0.25, 0.3) is 0 Å². The number of rotatable bonds is 2. The number of carboxylic acid groups (broad SMARTS) is 1. The van der Waals surface area contributed by atoms with Crippen molar-refractivity contribution in [3.63, 3.8) is 0 Å². The van der Waals surface area contributed by atoms with Crippen LogP contribution in [0.4, 0.5) is 0 Å². The number of hydrogen-bond acceptors (Lipinski definition) is 3. The predicted octanol–water partition coefficient (Wildman–Crippen LogP) is 0.934. The lowest BCUT2D eigenvalue weighted by Gasteiger charge is -2.19. The summed E-state index contributed by atoms with van der Waals surface area (Å²) in [7, 11) is 0. The van der Waals surface area contributed by atoms with Gasteiger partial charge in [-0.1, -0.05) is 20.8 Å². The Kier molecular flexibility index (Phi) is 3.16. The zero-order valence-corrected chi connectivity index (χ0v) is 9.94. The summed E-state index contributed by atoms with van der Waals surface area (Å²) in [5.41, 5.74) is 0.142.